The molecule has 2 amide bonds. The lowest BCUT2D eigenvalue weighted by molar-refractivity contribution is -0.141. The van der Waals surface area contributed by atoms with Crippen LogP contribution in [0.2, 0.25) is 0 Å². The van der Waals surface area contributed by atoms with Crippen molar-refractivity contribution in [1.82, 2.24) is 10.2 Å². The van der Waals surface area contributed by atoms with Gasteiger partial charge in [0, 0.05) is 24.9 Å². The number of amides is 2. The monoisotopic (exact) mass is 556 g/mol. The summed E-state index contributed by atoms with van der Waals surface area (Å²) in [5, 5.41) is 12.0. The molecule has 5 rings (SSSR count). The number of rotatable bonds is 11. The first-order valence-corrected chi connectivity index (χ1v) is 14.2. The van der Waals surface area contributed by atoms with Crippen LogP contribution in [0, 0.1) is 0 Å². The molecule has 41 heavy (non-hydrogen) atoms. The molecule has 1 heterocycles. The summed E-state index contributed by atoms with van der Waals surface area (Å²) in [5.74, 6) is -1.28. The van der Waals surface area contributed by atoms with E-state index < -0.39 is 24.2 Å². The van der Waals surface area contributed by atoms with Crippen molar-refractivity contribution < 1.29 is 29.0 Å². The Morgan fingerprint density at radius 3 is 2.24 bits per heavy atom. The van der Waals surface area contributed by atoms with Crippen LogP contribution >= 0.6 is 0 Å². The third kappa shape index (κ3) is 6.60. The van der Waals surface area contributed by atoms with Crippen LogP contribution in [0.25, 0.3) is 11.1 Å². The standard InChI is InChI=1S/C33H36N2O6/c1-22(40-20-23-10-3-2-4-11-23)31(32(38)35-19-9-12-24(35)17-18-30(36)37)34-33(39)41-21-29-27-15-7-5-13-25(27)26-14-6-8-16-28(26)29/h2-8,10-11,13-16,22,24,29,31H,9,12,17-21H2,1H3,(H,34,39)(H,36,37). The van der Waals surface area contributed by atoms with E-state index in [9.17, 15) is 14.4 Å². The van der Waals surface area contributed by atoms with Crippen LogP contribution in [0.15, 0.2) is 78.9 Å². The number of carboxylic acids is 1. The van der Waals surface area contributed by atoms with Crippen LogP contribution in [0.5, 0.6) is 0 Å². The molecule has 0 bridgehead atoms. The second-order valence-electron chi connectivity index (χ2n) is 10.7. The molecule has 1 saturated heterocycles. The summed E-state index contributed by atoms with van der Waals surface area (Å²) >= 11 is 0. The highest BCUT2D eigenvalue weighted by Gasteiger charge is 2.38. The molecule has 0 spiro atoms. The molecular formula is C33H36N2O6. The van der Waals surface area contributed by atoms with Gasteiger partial charge in [-0.25, -0.2) is 4.79 Å². The van der Waals surface area contributed by atoms with Gasteiger partial charge in [-0.1, -0.05) is 78.9 Å². The first kappa shape index (κ1) is 28.4. The molecule has 1 aliphatic carbocycles. The van der Waals surface area contributed by atoms with Gasteiger partial charge in [0.05, 0.1) is 12.7 Å². The Hall–Kier alpha value is -4.17. The highest BCUT2D eigenvalue weighted by Crippen LogP contribution is 2.44. The van der Waals surface area contributed by atoms with Gasteiger partial charge >= 0.3 is 12.1 Å². The van der Waals surface area contributed by atoms with Crippen molar-refractivity contribution in [3.05, 3.63) is 95.6 Å². The Labute approximate surface area is 240 Å². The van der Waals surface area contributed by atoms with Gasteiger partial charge in [-0.2, -0.15) is 0 Å². The normalized spacial score (nSPS) is 17.4. The molecule has 3 aromatic carbocycles. The van der Waals surface area contributed by atoms with E-state index >= 15 is 0 Å². The fourth-order valence-electron chi connectivity index (χ4n) is 5.94. The molecule has 0 aromatic heterocycles. The maximum atomic E-state index is 13.8. The number of ether oxygens (including phenoxy) is 2. The Morgan fingerprint density at radius 1 is 0.951 bits per heavy atom. The Bertz CT molecular complexity index is 1330. The van der Waals surface area contributed by atoms with Crippen LogP contribution in [-0.4, -0.2) is 59.3 Å². The Kier molecular flexibility index (Phi) is 8.99. The van der Waals surface area contributed by atoms with Gasteiger partial charge in [0.2, 0.25) is 5.91 Å². The zero-order chi connectivity index (χ0) is 28.8. The van der Waals surface area contributed by atoms with Gasteiger partial charge in [0.15, 0.2) is 0 Å². The van der Waals surface area contributed by atoms with E-state index in [0.717, 1.165) is 40.7 Å². The zero-order valence-electron chi connectivity index (χ0n) is 23.2. The number of nitrogens with one attached hydrogen (secondary N) is 1. The predicted molar refractivity (Wildman–Crippen MR) is 154 cm³/mol. The molecule has 0 saturated carbocycles. The first-order chi connectivity index (χ1) is 19.9. The fraction of sp³-hybridized carbons (Fsp3) is 0.364. The summed E-state index contributed by atoms with van der Waals surface area (Å²) < 4.78 is 11.8. The third-order valence-electron chi connectivity index (χ3n) is 8.06. The van der Waals surface area contributed by atoms with Gasteiger partial charge in [-0.15, -0.1) is 0 Å². The molecule has 8 heteroatoms. The molecule has 214 valence electrons. The van der Waals surface area contributed by atoms with Crippen LogP contribution in [-0.2, 0) is 25.7 Å². The Balaban J connectivity index is 1.28. The predicted octanol–water partition coefficient (Wildman–Crippen LogP) is 5.35. The lowest BCUT2D eigenvalue weighted by atomic mass is 9.98. The van der Waals surface area contributed by atoms with Crippen molar-refractivity contribution in [1.29, 1.82) is 0 Å². The van der Waals surface area contributed by atoms with Gasteiger partial charge in [-0.3, -0.25) is 9.59 Å². The quantitative estimate of drug-likeness (QED) is 0.330. The van der Waals surface area contributed by atoms with E-state index in [1.807, 2.05) is 54.6 Å². The van der Waals surface area contributed by atoms with E-state index in [0.29, 0.717) is 13.0 Å². The number of hydrogen-bond acceptors (Lipinski definition) is 5. The summed E-state index contributed by atoms with van der Waals surface area (Å²) in [7, 11) is 0. The number of alkyl carbamates (subject to hydrolysis) is 1. The summed E-state index contributed by atoms with van der Waals surface area (Å²) in [6.07, 6.45) is 0.533. The minimum absolute atomic E-state index is 0.0149. The van der Waals surface area contributed by atoms with E-state index in [2.05, 4.69) is 29.6 Å². The van der Waals surface area contributed by atoms with Crippen molar-refractivity contribution in [3.8, 4) is 11.1 Å². The van der Waals surface area contributed by atoms with Gasteiger partial charge < -0.3 is 24.8 Å². The second-order valence-corrected chi connectivity index (χ2v) is 10.7. The molecule has 3 atom stereocenters. The van der Waals surface area contributed by atoms with Crippen molar-refractivity contribution in [2.75, 3.05) is 13.2 Å². The maximum Gasteiger partial charge on any atom is 0.407 e. The largest absolute Gasteiger partial charge is 0.481 e. The zero-order valence-corrected chi connectivity index (χ0v) is 23.2. The average molecular weight is 557 g/mol. The smallest absolute Gasteiger partial charge is 0.407 e. The molecule has 2 N–H and O–H groups in total. The first-order valence-electron chi connectivity index (χ1n) is 14.2. The topological polar surface area (TPSA) is 105 Å². The van der Waals surface area contributed by atoms with Crippen molar-refractivity contribution in [2.24, 2.45) is 0 Å². The lowest BCUT2D eigenvalue weighted by Gasteiger charge is -2.32. The van der Waals surface area contributed by atoms with E-state index in [4.69, 9.17) is 14.6 Å². The van der Waals surface area contributed by atoms with Crippen LogP contribution in [0.4, 0.5) is 4.79 Å². The number of nitrogens with zero attached hydrogens (tertiary/aromatic N) is 1. The number of likely N-dealkylation sites (tertiary alicyclic amines) is 1. The summed E-state index contributed by atoms with van der Waals surface area (Å²) in [6, 6.07) is 24.7. The minimum Gasteiger partial charge on any atom is -0.481 e. The highest BCUT2D eigenvalue weighted by atomic mass is 16.5. The lowest BCUT2D eigenvalue weighted by Crippen LogP contribution is -2.55. The number of carbonyl (C=O) groups excluding carboxylic acids is 2. The maximum absolute atomic E-state index is 13.8. The van der Waals surface area contributed by atoms with Gasteiger partial charge in [-0.05, 0) is 54.0 Å². The SMILES string of the molecule is CC(OCc1ccccc1)C(NC(=O)OCC1c2ccccc2-c2ccccc21)C(=O)N1CCCC1CCC(=O)O. The number of benzene rings is 3. The minimum atomic E-state index is -0.986. The summed E-state index contributed by atoms with van der Waals surface area (Å²) in [6.45, 7) is 2.68. The van der Waals surface area contributed by atoms with E-state index in [-0.39, 0.29) is 37.5 Å². The van der Waals surface area contributed by atoms with E-state index in [1.54, 1.807) is 11.8 Å². The summed E-state index contributed by atoms with van der Waals surface area (Å²) in [5.41, 5.74) is 5.43. The number of fused-ring (bicyclic) bond motifs is 3. The molecule has 3 unspecified atom stereocenters. The van der Waals surface area contributed by atoms with Gasteiger partial charge in [0.1, 0.15) is 12.6 Å². The second kappa shape index (κ2) is 13.0. The molecule has 8 nitrogen and oxygen atoms in total. The molecule has 3 aromatic rings. The van der Waals surface area contributed by atoms with E-state index in [1.165, 1.54) is 0 Å². The molecule has 1 fully saturated rings. The Morgan fingerprint density at radius 2 is 1.59 bits per heavy atom. The number of hydrogen-bond donors (Lipinski definition) is 2. The molecule has 0 radical (unpaired) electrons. The van der Waals surface area contributed by atoms with Gasteiger partial charge in [0.25, 0.3) is 0 Å². The molecule has 2 aliphatic rings. The fourth-order valence-corrected chi connectivity index (χ4v) is 5.94. The average Bonchev–Trinajstić information content (AvgIpc) is 3.59. The molecule has 1 aliphatic heterocycles. The van der Waals surface area contributed by atoms with Crippen molar-refractivity contribution in [3.63, 3.8) is 0 Å². The van der Waals surface area contributed by atoms with Crippen LogP contribution < -0.4 is 5.32 Å². The van der Waals surface area contributed by atoms with Crippen LogP contribution in [0.1, 0.15) is 55.2 Å². The highest BCUT2D eigenvalue weighted by molar-refractivity contribution is 5.87. The number of carboxylic acid groups (broad SMARTS) is 1. The third-order valence-corrected chi connectivity index (χ3v) is 8.06. The van der Waals surface area contributed by atoms with Crippen molar-refractivity contribution >= 4 is 18.0 Å². The van der Waals surface area contributed by atoms with Crippen molar-refractivity contribution in [2.45, 2.75) is 63.3 Å². The van der Waals surface area contributed by atoms with Crippen LogP contribution in [0.3, 0.4) is 0 Å². The number of carbonyl (C=O) groups is 3. The number of aliphatic carboxylic acids is 1. The summed E-state index contributed by atoms with van der Waals surface area (Å²) in [4.78, 5) is 39.9. The molecular weight excluding hydrogens is 520 g/mol.